The second kappa shape index (κ2) is 7.96. The highest BCUT2D eigenvalue weighted by Crippen LogP contribution is 2.20. The molecule has 0 spiro atoms. The van der Waals surface area contributed by atoms with E-state index in [0.717, 1.165) is 45.5 Å². The monoisotopic (exact) mass is 284 g/mol. The Morgan fingerprint density at radius 1 is 1.25 bits per heavy atom. The van der Waals surface area contributed by atoms with Crippen LogP contribution in [-0.2, 0) is 14.3 Å². The zero-order valence-corrected chi connectivity index (χ0v) is 12.8. The SMILES string of the molecule is CCOCCOC1CCN(C(=O)C2NCCC2C)CC1. The molecule has 0 bridgehead atoms. The minimum absolute atomic E-state index is 0.0328. The van der Waals surface area contributed by atoms with Gasteiger partial charge in [0, 0.05) is 19.7 Å². The molecule has 2 heterocycles. The van der Waals surface area contributed by atoms with E-state index in [2.05, 4.69) is 12.2 Å². The first-order valence-corrected chi connectivity index (χ1v) is 7.94. The van der Waals surface area contributed by atoms with Crippen LogP contribution < -0.4 is 5.32 Å². The van der Waals surface area contributed by atoms with Crippen LogP contribution in [0.2, 0.25) is 0 Å². The van der Waals surface area contributed by atoms with Gasteiger partial charge in [-0.15, -0.1) is 0 Å². The molecule has 2 fully saturated rings. The zero-order valence-electron chi connectivity index (χ0n) is 12.8. The van der Waals surface area contributed by atoms with Crippen LogP contribution in [0.1, 0.15) is 33.1 Å². The van der Waals surface area contributed by atoms with Gasteiger partial charge >= 0.3 is 0 Å². The highest BCUT2D eigenvalue weighted by atomic mass is 16.5. The fourth-order valence-corrected chi connectivity index (χ4v) is 3.02. The number of hydrogen-bond acceptors (Lipinski definition) is 4. The molecule has 2 atom stereocenters. The van der Waals surface area contributed by atoms with E-state index in [-0.39, 0.29) is 18.1 Å². The molecule has 20 heavy (non-hydrogen) atoms. The van der Waals surface area contributed by atoms with Gasteiger partial charge in [0.05, 0.1) is 25.4 Å². The van der Waals surface area contributed by atoms with E-state index in [0.29, 0.717) is 19.1 Å². The lowest BCUT2D eigenvalue weighted by molar-refractivity contribution is -0.136. The first-order chi connectivity index (χ1) is 9.72. The molecule has 1 amide bonds. The molecule has 2 aliphatic heterocycles. The zero-order chi connectivity index (χ0) is 14.4. The molecule has 5 heteroatoms. The molecule has 2 unspecified atom stereocenters. The first-order valence-electron chi connectivity index (χ1n) is 7.94. The summed E-state index contributed by atoms with van der Waals surface area (Å²) >= 11 is 0. The van der Waals surface area contributed by atoms with Crippen molar-refractivity contribution in [3.8, 4) is 0 Å². The Labute approximate surface area is 122 Å². The first kappa shape index (κ1) is 15.7. The minimum atomic E-state index is 0.0328. The molecule has 0 aromatic rings. The van der Waals surface area contributed by atoms with Gasteiger partial charge in [0.15, 0.2) is 0 Å². The maximum absolute atomic E-state index is 12.4. The van der Waals surface area contributed by atoms with Gasteiger partial charge in [0.1, 0.15) is 0 Å². The van der Waals surface area contributed by atoms with Gasteiger partial charge in [0.25, 0.3) is 0 Å². The van der Waals surface area contributed by atoms with Gasteiger partial charge in [0.2, 0.25) is 5.91 Å². The Morgan fingerprint density at radius 3 is 2.60 bits per heavy atom. The number of hydrogen-bond donors (Lipinski definition) is 1. The number of amides is 1. The maximum atomic E-state index is 12.4. The van der Waals surface area contributed by atoms with Crippen LogP contribution in [0.3, 0.4) is 0 Å². The minimum Gasteiger partial charge on any atom is -0.379 e. The van der Waals surface area contributed by atoms with Crippen molar-refractivity contribution in [3.05, 3.63) is 0 Å². The summed E-state index contributed by atoms with van der Waals surface area (Å²) < 4.78 is 11.0. The van der Waals surface area contributed by atoms with E-state index in [1.54, 1.807) is 0 Å². The Balaban J connectivity index is 1.67. The number of carbonyl (C=O) groups is 1. The predicted molar refractivity (Wildman–Crippen MR) is 77.6 cm³/mol. The third-order valence-corrected chi connectivity index (χ3v) is 4.34. The number of rotatable bonds is 6. The molecule has 0 saturated carbocycles. The summed E-state index contributed by atoms with van der Waals surface area (Å²) in [6.07, 6.45) is 3.28. The van der Waals surface area contributed by atoms with Crippen molar-refractivity contribution in [2.24, 2.45) is 5.92 Å². The van der Waals surface area contributed by atoms with Gasteiger partial charge in [-0.3, -0.25) is 4.79 Å². The summed E-state index contributed by atoms with van der Waals surface area (Å²) in [7, 11) is 0. The van der Waals surface area contributed by atoms with Crippen molar-refractivity contribution < 1.29 is 14.3 Å². The standard InChI is InChI=1S/C15H28N2O3/c1-3-19-10-11-20-13-5-8-17(9-6-13)15(18)14-12(2)4-7-16-14/h12-14,16H,3-11H2,1-2H3. The number of nitrogens with one attached hydrogen (secondary N) is 1. The topological polar surface area (TPSA) is 50.8 Å². The van der Waals surface area contributed by atoms with Crippen molar-refractivity contribution in [3.63, 3.8) is 0 Å². The van der Waals surface area contributed by atoms with Crippen LogP contribution in [0.25, 0.3) is 0 Å². The second-order valence-electron chi connectivity index (χ2n) is 5.79. The Hall–Kier alpha value is -0.650. The van der Waals surface area contributed by atoms with Gasteiger partial charge < -0.3 is 19.7 Å². The van der Waals surface area contributed by atoms with Crippen molar-refractivity contribution >= 4 is 5.91 Å². The smallest absolute Gasteiger partial charge is 0.239 e. The number of nitrogens with zero attached hydrogens (tertiary/aromatic N) is 1. The number of ether oxygens (including phenoxy) is 2. The normalized spacial score (nSPS) is 28.0. The molecule has 1 N–H and O–H groups in total. The third kappa shape index (κ3) is 4.17. The Kier molecular flexibility index (Phi) is 6.26. The van der Waals surface area contributed by atoms with E-state index < -0.39 is 0 Å². The van der Waals surface area contributed by atoms with E-state index in [1.165, 1.54) is 0 Å². The van der Waals surface area contributed by atoms with Gasteiger partial charge in [-0.25, -0.2) is 0 Å². The third-order valence-electron chi connectivity index (χ3n) is 4.34. The van der Waals surface area contributed by atoms with E-state index in [1.807, 2.05) is 11.8 Å². The molecule has 2 rings (SSSR count). The molecule has 0 aliphatic carbocycles. The van der Waals surface area contributed by atoms with E-state index >= 15 is 0 Å². The van der Waals surface area contributed by atoms with Crippen molar-refractivity contribution in [1.82, 2.24) is 10.2 Å². The largest absolute Gasteiger partial charge is 0.379 e. The van der Waals surface area contributed by atoms with Crippen LogP contribution in [0.4, 0.5) is 0 Å². The molecule has 5 nitrogen and oxygen atoms in total. The highest BCUT2D eigenvalue weighted by molar-refractivity contribution is 5.82. The lowest BCUT2D eigenvalue weighted by atomic mass is 10.0. The van der Waals surface area contributed by atoms with E-state index in [9.17, 15) is 4.79 Å². The number of carbonyl (C=O) groups excluding carboxylic acids is 1. The molecule has 2 saturated heterocycles. The molecule has 0 aromatic carbocycles. The van der Waals surface area contributed by atoms with Crippen LogP contribution in [0.5, 0.6) is 0 Å². The molecular formula is C15H28N2O3. The molecular weight excluding hydrogens is 256 g/mol. The maximum Gasteiger partial charge on any atom is 0.239 e. The van der Waals surface area contributed by atoms with Crippen LogP contribution in [0.15, 0.2) is 0 Å². The van der Waals surface area contributed by atoms with Crippen molar-refractivity contribution in [1.29, 1.82) is 0 Å². The lowest BCUT2D eigenvalue weighted by Gasteiger charge is -2.34. The molecule has 2 aliphatic rings. The summed E-state index contributed by atoms with van der Waals surface area (Å²) in [5.74, 6) is 0.741. The summed E-state index contributed by atoms with van der Waals surface area (Å²) in [6.45, 7) is 8.82. The molecule has 116 valence electrons. The predicted octanol–water partition coefficient (Wildman–Crippen LogP) is 1.03. The fraction of sp³-hybridized carbons (Fsp3) is 0.933. The summed E-state index contributed by atoms with van der Waals surface area (Å²) in [5, 5.41) is 3.32. The van der Waals surface area contributed by atoms with Crippen molar-refractivity contribution in [2.45, 2.75) is 45.3 Å². The average molecular weight is 284 g/mol. The van der Waals surface area contributed by atoms with Gasteiger partial charge in [-0.2, -0.15) is 0 Å². The van der Waals surface area contributed by atoms with Crippen molar-refractivity contribution in [2.75, 3.05) is 39.5 Å². The van der Waals surface area contributed by atoms with Crippen LogP contribution in [-0.4, -0.2) is 62.4 Å². The lowest BCUT2D eigenvalue weighted by Crippen LogP contribution is -2.49. The Morgan fingerprint density at radius 2 is 2.00 bits per heavy atom. The van der Waals surface area contributed by atoms with Gasteiger partial charge in [-0.05, 0) is 38.6 Å². The highest BCUT2D eigenvalue weighted by Gasteiger charge is 2.34. The number of likely N-dealkylation sites (tertiary alicyclic amines) is 1. The average Bonchev–Trinajstić information content (AvgIpc) is 2.90. The van der Waals surface area contributed by atoms with Crippen LogP contribution >= 0.6 is 0 Å². The quantitative estimate of drug-likeness (QED) is 0.740. The molecule has 0 aromatic heterocycles. The number of piperidine rings is 1. The summed E-state index contributed by atoms with van der Waals surface area (Å²) in [5.41, 5.74) is 0. The van der Waals surface area contributed by atoms with Crippen LogP contribution in [0, 0.1) is 5.92 Å². The molecule has 0 radical (unpaired) electrons. The summed E-state index contributed by atoms with van der Waals surface area (Å²) in [4.78, 5) is 14.4. The second-order valence-corrected chi connectivity index (χ2v) is 5.79. The van der Waals surface area contributed by atoms with Gasteiger partial charge in [-0.1, -0.05) is 6.92 Å². The summed E-state index contributed by atoms with van der Waals surface area (Å²) in [6, 6.07) is 0.0328. The fourth-order valence-electron chi connectivity index (χ4n) is 3.02. The van der Waals surface area contributed by atoms with E-state index in [4.69, 9.17) is 9.47 Å². The Bertz CT molecular complexity index is 303.